The molecule has 20 heavy (non-hydrogen) atoms. The van der Waals surface area contributed by atoms with Crippen molar-refractivity contribution in [3.05, 3.63) is 23.6 Å². The lowest BCUT2D eigenvalue weighted by atomic mass is 10.0. The molecule has 1 aliphatic rings. The summed E-state index contributed by atoms with van der Waals surface area (Å²) in [7, 11) is 0. The molecule has 0 spiro atoms. The first-order valence-corrected chi connectivity index (χ1v) is 7.34. The summed E-state index contributed by atoms with van der Waals surface area (Å²) in [6, 6.07) is 1.49. The highest BCUT2D eigenvalue weighted by atomic mass is 19.1. The third-order valence-corrected chi connectivity index (χ3v) is 3.69. The molecule has 1 aliphatic heterocycles. The molecule has 1 N–H and O–H groups in total. The Balaban J connectivity index is 2.24. The van der Waals surface area contributed by atoms with E-state index in [1.165, 1.54) is 6.07 Å². The molecule has 0 bridgehead atoms. The summed E-state index contributed by atoms with van der Waals surface area (Å²) in [5.41, 5.74) is 0.340. The summed E-state index contributed by atoms with van der Waals surface area (Å²) in [6.07, 6.45) is 5.23. The summed E-state index contributed by atoms with van der Waals surface area (Å²) in [6.45, 7) is 5.53. The number of nitrogens with one attached hydrogen (secondary N) is 1. The molecule has 5 heteroatoms. The van der Waals surface area contributed by atoms with Gasteiger partial charge in [0, 0.05) is 19.1 Å². The molecular formula is C15H22FN3O. The first-order chi connectivity index (χ1) is 9.63. The third kappa shape index (κ3) is 3.26. The highest BCUT2D eigenvalue weighted by Gasteiger charge is 2.26. The molecule has 110 valence electrons. The van der Waals surface area contributed by atoms with Crippen LogP contribution >= 0.6 is 0 Å². The van der Waals surface area contributed by atoms with Crippen molar-refractivity contribution in [2.24, 2.45) is 0 Å². The topological polar surface area (TPSA) is 45.2 Å². The van der Waals surface area contributed by atoms with Crippen LogP contribution in [0, 0.1) is 5.82 Å². The van der Waals surface area contributed by atoms with E-state index in [2.05, 4.69) is 10.3 Å². The average Bonchev–Trinajstić information content (AvgIpc) is 2.46. The third-order valence-electron chi connectivity index (χ3n) is 3.69. The van der Waals surface area contributed by atoms with E-state index in [1.807, 2.05) is 18.7 Å². The molecule has 2 rings (SSSR count). The van der Waals surface area contributed by atoms with Gasteiger partial charge in [0.1, 0.15) is 11.6 Å². The number of hydrogen-bond acceptors (Lipinski definition) is 3. The molecule has 1 fully saturated rings. The first kappa shape index (κ1) is 14.8. The molecule has 0 radical (unpaired) electrons. The number of hydrogen-bond donors (Lipinski definition) is 1. The summed E-state index contributed by atoms with van der Waals surface area (Å²) in [5, 5.41) is 3.10. The van der Waals surface area contributed by atoms with E-state index in [0.717, 1.165) is 38.4 Å². The minimum atomic E-state index is -0.472. The summed E-state index contributed by atoms with van der Waals surface area (Å²) in [4.78, 5) is 18.5. The van der Waals surface area contributed by atoms with E-state index in [-0.39, 0.29) is 11.9 Å². The Morgan fingerprint density at radius 2 is 2.35 bits per heavy atom. The minimum absolute atomic E-state index is 0.122. The lowest BCUT2D eigenvalue weighted by molar-refractivity contribution is 0.0635. The quantitative estimate of drug-likeness (QED) is 0.921. The fraction of sp³-hybridized carbons (Fsp3) is 0.600. The van der Waals surface area contributed by atoms with Gasteiger partial charge in [-0.15, -0.1) is 0 Å². The number of amides is 1. The minimum Gasteiger partial charge on any atom is -0.369 e. The van der Waals surface area contributed by atoms with Crippen molar-refractivity contribution in [3.8, 4) is 0 Å². The van der Waals surface area contributed by atoms with E-state index >= 15 is 0 Å². The van der Waals surface area contributed by atoms with Crippen LogP contribution < -0.4 is 5.32 Å². The molecule has 1 amide bonds. The second kappa shape index (κ2) is 6.68. The second-order valence-corrected chi connectivity index (χ2v) is 5.32. The van der Waals surface area contributed by atoms with Crippen molar-refractivity contribution in [2.45, 2.75) is 45.6 Å². The molecule has 0 aliphatic carbocycles. The number of anilines is 1. The fourth-order valence-electron chi connectivity index (χ4n) is 2.54. The van der Waals surface area contributed by atoms with Gasteiger partial charge in [0.25, 0.3) is 5.91 Å². The van der Waals surface area contributed by atoms with Gasteiger partial charge in [-0.05, 0) is 38.7 Å². The fourth-order valence-corrected chi connectivity index (χ4v) is 2.54. The number of carbonyl (C=O) groups excluding carboxylic acids is 1. The second-order valence-electron chi connectivity index (χ2n) is 5.32. The van der Waals surface area contributed by atoms with Gasteiger partial charge < -0.3 is 10.2 Å². The van der Waals surface area contributed by atoms with E-state index in [0.29, 0.717) is 17.9 Å². The lowest BCUT2D eigenvalue weighted by Crippen LogP contribution is -2.42. The van der Waals surface area contributed by atoms with Gasteiger partial charge >= 0.3 is 0 Å². The molecule has 1 saturated heterocycles. The average molecular weight is 279 g/mol. The zero-order valence-corrected chi connectivity index (χ0v) is 12.2. The van der Waals surface area contributed by atoms with Crippen LogP contribution in [0.3, 0.4) is 0 Å². The summed E-state index contributed by atoms with van der Waals surface area (Å²) >= 11 is 0. The highest BCUT2D eigenvalue weighted by Crippen LogP contribution is 2.22. The van der Waals surface area contributed by atoms with E-state index < -0.39 is 5.82 Å². The predicted molar refractivity (Wildman–Crippen MR) is 77.3 cm³/mol. The molecule has 1 atom stereocenters. The molecule has 2 heterocycles. The van der Waals surface area contributed by atoms with E-state index in [1.54, 1.807) is 0 Å². The van der Waals surface area contributed by atoms with Crippen LogP contribution in [0.25, 0.3) is 0 Å². The number of carbonyl (C=O) groups is 1. The van der Waals surface area contributed by atoms with Crippen molar-refractivity contribution < 1.29 is 9.18 Å². The SMILES string of the molecule is CCCNc1ncc(F)cc1C(=O)N1CCCCC1C. The van der Waals surface area contributed by atoms with Crippen LogP contribution in [0.2, 0.25) is 0 Å². The van der Waals surface area contributed by atoms with Gasteiger partial charge in [0.2, 0.25) is 0 Å². The normalized spacial score (nSPS) is 18.9. The molecule has 4 nitrogen and oxygen atoms in total. The predicted octanol–water partition coefficient (Wildman–Crippen LogP) is 3.06. The van der Waals surface area contributed by atoms with Crippen molar-refractivity contribution in [1.29, 1.82) is 0 Å². The van der Waals surface area contributed by atoms with Gasteiger partial charge in [-0.3, -0.25) is 4.79 Å². The van der Waals surface area contributed by atoms with Crippen LogP contribution in [0.5, 0.6) is 0 Å². The Bertz CT molecular complexity index is 478. The van der Waals surface area contributed by atoms with Gasteiger partial charge in [-0.1, -0.05) is 6.92 Å². The van der Waals surface area contributed by atoms with Gasteiger partial charge in [0.15, 0.2) is 0 Å². The van der Waals surface area contributed by atoms with Crippen molar-refractivity contribution in [2.75, 3.05) is 18.4 Å². The van der Waals surface area contributed by atoms with Crippen LogP contribution in [0.4, 0.5) is 10.2 Å². The Labute approximate surface area is 119 Å². The van der Waals surface area contributed by atoms with Gasteiger partial charge in [-0.25, -0.2) is 9.37 Å². The number of halogens is 1. The Morgan fingerprint density at radius 3 is 3.05 bits per heavy atom. The van der Waals surface area contributed by atoms with Crippen LogP contribution in [0.15, 0.2) is 12.3 Å². The number of likely N-dealkylation sites (tertiary alicyclic amines) is 1. The van der Waals surface area contributed by atoms with Crippen molar-refractivity contribution in [1.82, 2.24) is 9.88 Å². The van der Waals surface area contributed by atoms with Crippen LogP contribution in [0.1, 0.15) is 49.9 Å². The number of pyridine rings is 1. The maximum absolute atomic E-state index is 13.4. The van der Waals surface area contributed by atoms with Crippen molar-refractivity contribution in [3.63, 3.8) is 0 Å². The Kier molecular flexibility index (Phi) is 4.93. The molecule has 1 aromatic heterocycles. The summed E-state index contributed by atoms with van der Waals surface area (Å²) < 4.78 is 13.4. The molecule has 1 aromatic rings. The molecule has 0 aromatic carbocycles. The lowest BCUT2D eigenvalue weighted by Gasteiger charge is -2.33. The number of nitrogens with zero attached hydrogens (tertiary/aromatic N) is 2. The van der Waals surface area contributed by atoms with E-state index in [9.17, 15) is 9.18 Å². The number of aromatic nitrogens is 1. The standard InChI is InChI=1S/C15H22FN3O/c1-3-7-17-14-13(9-12(16)10-18-14)15(20)19-8-5-4-6-11(19)2/h9-11H,3-8H2,1-2H3,(H,17,18). The Hall–Kier alpha value is -1.65. The van der Waals surface area contributed by atoms with Crippen LogP contribution in [-0.4, -0.2) is 34.9 Å². The monoisotopic (exact) mass is 279 g/mol. The number of piperidine rings is 1. The smallest absolute Gasteiger partial charge is 0.257 e. The maximum Gasteiger partial charge on any atom is 0.257 e. The largest absolute Gasteiger partial charge is 0.369 e. The maximum atomic E-state index is 13.4. The van der Waals surface area contributed by atoms with Crippen LogP contribution in [-0.2, 0) is 0 Å². The molecule has 0 saturated carbocycles. The Morgan fingerprint density at radius 1 is 1.55 bits per heavy atom. The molecule has 1 unspecified atom stereocenters. The van der Waals surface area contributed by atoms with Gasteiger partial charge in [0.05, 0.1) is 11.8 Å². The van der Waals surface area contributed by atoms with Gasteiger partial charge in [-0.2, -0.15) is 0 Å². The van der Waals surface area contributed by atoms with Crippen molar-refractivity contribution >= 4 is 11.7 Å². The van der Waals surface area contributed by atoms with E-state index in [4.69, 9.17) is 0 Å². The zero-order valence-electron chi connectivity index (χ0n) is 12.2. The highest BCUT2D eigenvalue weighted by molar-refractivity contribution is 5.99. The summed E-state index contributed by atoms with van der Waals surface area (Å²) in [5.74, 6) is -0.112. The zero-order chi connectivity index (χ0) is 14.5. The number of rotatable bonds is 4. The molecular weight excluding hydrogens is 257 g/mol. The first-order valence-electron chi connectivity index (χ1n) is 7.34.